The van der Waals surface area contributed by atoms with Crippen molar-refractivity contribution in [1.82, 2.24) is 9.59 Å². The van der Waals surface area contributed by atoms with Crippen LogP contribution >= 0.6 is 11.5 Å². The van der Waals surface area contributed by atoms with Crippen LogP contribution in [0.25, 0.3) is 0 Å². The number of hydrogen-bond acceptors (Lipinski definition) is 8. The lowest BCUT2D eigenvalue weighted by atomic mass is 10.3. The first-order valence-electron chi connectivity index (χ1n) is 5.13. The second kappa shape index (κ2) is 5.48. The molecule has 1 heterocycles. The zero-order valence-corrected chi connectivity index (χ0v) is 10.7. The van der Waals surface area contributed by atoms with E-state index in [0.717, 1.165) is 11.5 Å². The van der Waals surface area contributed by atoms with Crippen molar-refractivity contribution in [2.75, 3.05) is 12.8 Å². The van der Waals surface area contributed by atoms with Crippen LogP contribution < -0.4 is 15.2 Å². The van der Waals surface area contributed by atoms with Gasteiger partial charge in [0.1, 0.15) is 23.1 Å². The average molecular weight is 282 g/mol. The van der Waals surface area contributed by atoms with Gasteiger partial charge in [0.25, 0.3) is 0 Å². The fourth-order valence-electron chi connectivity index (χ4n) is 1.35. The number of hydrogen-bond donors (Lipinski definition) is 1. The molecule has 0 atom stereocenters. The first-order chi connectivity index (χ1) is 9.11. The van der Waals surface area contributed by atoms with Gasteiger partial charge in [0, 0.05) is 23.7 Å². The molecular weight excluding hydrogens is 272 g/mol. The monoisotopic (exact) mass is 282 g/mol. The van der Waals surface area contributed by atoms with Gasteiger partial charge < -0.3 is 15.2 Å². The van der Waals surface area contributed by atoms with E-state index in [0.29, 0.717) is 16.4 Å². The van der Waals surface area contributed by atoms with Gasteiger partial charge in [-0.05, 0) is 6.07 Å². The number of nitrogen functional groups attached to an aromatic ring is 1. The first-order valence-corrected chi connectivity index (χ1v) is 5.91. The lowest BCUT2D eigenvalue weighted by Crippen LogP contribution is -2.02. The van der Waals surface area contributed by atoms with Gasteiger partial charge in [-0.25, -0.2) is 0 Å². The summed E-state index contributed by atoms with van der Waals surface area (Å²) in [4.78, 5) is 10.4. The number of rotatable bonds is 5. The summed E-state index contributed by atoms with van der Waals surface area (Å²) in [5, 5.41) is 15.1. The molecule has 8 nitrogen and oxygen atoms in total. The van der Waals surface area contributed by atoms with Crippen LogP contribution in [0.3, 0.4) is 0 Å². The van der Waals surface area contributed by atoms with Crippen molar-refractivity contribution in [1.29, 1.82) is 0 Å². The molecule has 19 heavy (non-hydrogen) atoms. The number of benzene rings is 1. The summed E-state index contributed by atoms with van der Waals surface area (Å²) >= 11 is 1.04. The largest absolute Gasteiger partial charge is 0.497 e. The molecule has 9 heteroatoms. The second-order valence-electron chi connectivity index (χ2n) is 3.46. The van der Waals surface area contributed by atoms with Gasteiger partial charge in [-0.3, -0.25) is 10.1 Å². The maximum absolute atomic E-state index is 10.9. The van der Waals surface area contributed by atoms with E-state index in [2.05, 4.69) is 9.59 Å². The van der Waals surface area contributed by atoms with Crippen molar-refractivity contribution in [3.05, 3.63) is 34.0 Å². The Hall–Kier alpha value is -2.42. The number of methoxy groups -OCH3 is 1. The number of ether oxygens (including phenoxy) is 2. The van der Waals surface area contributed by atoms with Crippen LogP contribution in [0.4, 0.5) is 10.7 Å². The molecule has 0 fully saturated rings. The number of nitro groups is 1. The Morgan fingerprint density at radius 3 is 2.89 bits per heavy atom. The maximum atomic E-state index is 10.9. The Labute approximate surface area is 112 Å². The molecule has 0 amide bonds. The highest BCUT2D eigenvalue weighted by Gasteiger charge is 2.17. The molecule has 0 bridgehead atoms. The number of nitrogens with zero attached hydrogens (tertiary/aromatic N) is 3. The van der Waals surface area contributed by atoms with E-state index in [-0.39, 0.29) is 18.0 Å². The van der Waals surface area contributed by atoms with Crippen molar-refractivity contribution in [2.45, 2.75) is 6.61 Å². The molecule has 2 rings (SSSR count). The number of nitro benzene ring substituents is 1. The molecule has 0 spiro atoms. The van der Waals surface area contributed by atoms with Crippen LogP contribution in [0.5, 0.6) is 11.5 Å². The molecule has 2 aromatic rings. The van der Waals surface area contributed by atoms with Gasteiger partial charge >= 0.3 is 5.69 Å². The van der Waals surface area contributed by atoms with Crippen LogP contribution in [-0.2, 0) is 6.61 Å². The molecule has 0 saturated heterocycles. The Morgan fingerprint density at radius 2 is 2.32 bits per heavy atom. The second-order valence-corrected chi connectivity index (χ2v) is 4.25. The van der Waals surface area contributed by atoms with Gasteiger partial charge in [0.2, 0.25) is 5.75 Å². The molecule has 0 saturated carbocycles. The normalized spacial score (nSPS) is 10.2. The Balaban J connectivity index is 2.22. The number of aromatic nitrogens is 2. The lowest BCUT2D eigenvalue weighted by molar-refractivity contribution is -0.386. The molecule has 1 aromatic carbocycles. The van der Waals surface area contributed by atoms with Crippen molar-refractivity contribution in [2.24, 2.45) is 0 Å². The van der Waals surface area contributed by atoms with Gasteiger partial charge in [0.05, 0.1) is 12.0 Å². The lowest BCUT2D eigenvalue weighted by Gasteiger charge is -2.07. The topological polar surface area (TPSA) is 113 Å². The fourth-order valence-corrected chi connectivity index (χ4v) is 1.78. The zero-order chi connectivity index (χ0) is 13.8. The molecule has 1 aromatic heterocycles. The smallest absolute Gasteiger partial charge is 0.311 e. The quantitative estimate of drug-likeness (QED) is 0.654. The van der Waals surface area contributed by atoms with Crippen molar-refractivity contribution in [3.63, 3.8) is 0 Å². The Bertz CT molecular complexity index is 601. The average Bonchev–Trinajstić information content (AvgIpc) is 2.81. The minimum atomic E-state index is -0.530. The van der Waals surface area contributed by atoms with Crippen LogP contribution in [-0.4, -0.2) is 21.6 Å². The highest BCUT2D eigenvalue weighted by molar-refractivity contribution is 7.09. The molecule has 0 aliphatic carbocycles. The molecule has 0 aliphatic rings. The third-order valence-corrected chi connectivity index (χ3v) is 2.91. The highest BCUT2D eigenvalue weighted by atomic mass is 32.1. The molecule has 0 aliphatic heterocycles. The van der Waals surface area contributed by atoms with E-state index >= 15 is 0 Å². The summed E-state index contributed by atoms with van der Waals surface area (Å²) in [6.07, 6.45) is 0. The van der Waals surface area contributed by atoms with Crippen molar-refractivity contribution >= 4 is 22.2 Å². The van der Waals surface area contributed by atoms with Gasteiger partial charge in [-0.1, -0.05) is 4.49 Å². The number of nitrogens with two attached hydrogens (primary N) is 1. The summed E-state index contributed by atoms with van der Waals surface area (Å²) in [6, 6.07) is 4.24. The Kier molecular flexibility index (Phi) is 3.76. The first kappa shape index (κ1) is 13.0. The maximum Gasteiger partial charge on any atom is 0.311 e. The van der Waals surface area contributed by atoms with Crippen molar-refractivity contribution < 1.29 is 14.4 Å². The third-order valence-electron chi connectivity index (χ3n) is 2.31. The molecule has 100 valence electrons. The van der Waals surface area contributed by atoms with E-state index < -0.39 is 4.92 Å². The van der Waals surface area contributed by atoms with Crippen LogP contribution in [0.1, 0.15) is 5.69 Å². The minimum Gasteiger partial charge on any atom is -0.497 e. The van der Waals surface area contributed by atoms with Gasteiger partial charge in [-0.2, -0.15) is 0 Å². The SMILES string of the molecule is COc1ccc([N+](=O)[O-])c(OCc2nnsc2N)c1. The highest BCUT2D eigenvalue weighted by Crippen LogP contribution is 2.31. The molecule has 0 unspecified atom stereocenters. The molecule has 2 N–H and O–H groups in total. The number of anilines is 1. The summed E-state index contributed by atoms with van der Waals surface area (Å²) in [5.41, 5.74) is 5.91. The summed E-state index contributed by atoms with van der Waals surface area (Å²) in [5.74, 6) is 0.557. The summed E-state index contributed by atoms with van der Waals surface area (Å²) in [7, 11) is 1.47. The van der Waals surface area contributed by atoms with Crippen LogP contribution in [0, 0.1) is 10.1 Å². The summed E-state index contributed by atoms with van der Waals surface area (Å²) < 4.78 is 14.0. The van der Waals surface area contributed by atoms with E-state index in [1.54, 1.807) is 0 Å². The van der Waals surface area contributed by atoms with E-state index in [1.165, 1.54) is 25.3 Å². The molecular formula is C10H10N4O4S. The van der Waals surface area contributed by atoms with E-state index in [9.17, 15) is 10.1 Å². The van der Waals surface area contributed by atoms with E-state index in [4.69, 9.17) is 15.2 Å². The fraction of sp³-hybridized carbons (Fsp3) is 0.200. The van der Waals surface area contributed by atoms with Gasteiger partial charge in [-0.15, -0.1) is 5.10 Å². The third kappa shape index (κ3) is 2.88. The predicted octanol–water partition coefficient (Wildman–Crippen LogP) is 1.62. The van der Waals surface area contributed by atoms with Gasteiger partial charge in [0.15, 0.2) is 0 Å². The minimum absolute atomic E-state index is 0.0103. The molecule has 0 radical (unpaired) electrons. The Morgan fingerprint density at radius 1 is 1.53 bits per heavy atom. The predicted molar refractivity (Wildman–Crippen MR) is 68.3 cm³/mol. The van der Waals surface area contributed by atoms with Crippen LogP contribution in [0.15, 0.2) is 18.2 Å². The standard InChI is InChI=1S/C10H10N4O4S/c1-17-6-2-3-8(14(15)16)9(4-6)18-5-7-10(11)19-13-12-7/h2-4H,5,11H2,1H3. The summed E-state index contributed by atoms with van der Waals surface area (Å²) in [6.45, 7) is 0.0103. The zero-order valence-electron chi connectivity index (χ0n) is 9.90. The van der Waals surface area contributed by atoms with Crippen molar-refractivity contribution in [3.8, 4) is 11.5 Å². The van der Waals surface area contributed by atoms with E-state index in [1.807, 2.05) is 0 Å². The van der Waals surface area contributed by atoms with Crippen LogP contribution in [0.2, 0.25) is 0 Å².